The molecule has 0 unspecified atom stereocenters. The molecule has 0 bridgehead atoms. The quantitative estimate of drug-likeness (QED) is 0.467. The number of carbonyl (C=O) groups is 3. The molecule has 170 valence electrons. The Kier molecular flexibility index (Phi) is 7.05. The van der Waals surface area contributed by atoms with Gasteiger partial charge in [-0.25, -0.2) is 4.79 Å². The zero-order valence-electron chi connectivity index (χ0n) is 17.7. The van der Waals surface area contributed by atoms with Crippen LogP contribution in [0.3, 0.4) is 0 Å². The second kappa shape index (κ2) is 10.1. The molecule has 3 aromatic rings. The van der Waals surface area contributed by atoms with Crippen molar-refractivity contribution < 1.29 is 23.5 Å². The van der Waals surface area contributed by atoms with Crippen molar-refractivity contribution in [2.75, 3.05) is 17.7 Å². The summed E-state index contributed by atoms with van der Waals surface area (Å²) in [4.78, 5) is 38.7. The van der Waals surface area contributed by atoms with Crippen LogP contribution < -0.4 is 5.32 Å². The average Bonchev–Trinajstić information content (AvgIpc) is 3.46. The van der Waals surface area contributed by atoms with Crippen LogP contribution in [0.2, 0.25) is 5.02 Å². The van der Waals surface area contributed by atoms with E-state index >= 15 is 0 Å². The van der Waals surface area contributed by atoms with Gasteiger partial charge in [-0.05, 0) is 55.0 Å². The highest BCUT2D eigenvalue weighted by Gasteiger charge is 2.33. The smallest absolute Gasteiger partial charge is 0.338 e. The standard InChI is InChI=1S/C24H21ClN2O5S/c1-2-31-24(30)17-9-10-20(19(25)12-17)26-22(29)15-5-7-16(8-6-15)23-27(21(28)14-33-23)13-18-4-3-11-32-18/h3-12,23H,2,13-14H2,1H3,(H,26,29)/t23-/m0/s1. The Morgan fingerprint density at radius 2 is 1.94 bits per heavy atom. The molecule has 1 fully saturated rings. The van der Waals surface area contributed by atoms with Crippen LogP contribution >= 0.6 is 23.4 Å². The molecule has 0 saturated carbocycles. The third-order valence-electron chi connectivity index (χ3n) is 5.06. The Labute approximate surface area is 200 Å². The number of esters is 1. The van der Waals surface area contributed by atoms with Crippen molar-refractivity contribution in [3.63, 3.8) is 0 Å². The first-order valence-corrected chi connectivity index (χ1v) is 11.7. The summed E-state index contributed by atoms with van der Waals surface area (Å²) in [6.45, 7) is 2.38. The molecule has 2 aromatic carbocycles. The minimum Gasteiger partial charge on any atom is -0.467 e. The minimum atomic E-state index is -0.475. The van der Waals surface area contributed by atoms with Crippen molar-refractivity contribution in [3.05, 3.63) is 88.3 Å². The van der Waals surface area contributed by atoms with Crippen molar-refractivity contribution in [2.24, 2.45) is 0 Å². The Morgan fingerprint density at radius 3 is 2.61 bits per heavy atom. The van der Waals surface area contributed by atoms with Crippen LogP contribution in [0.5, 0.6) is 0 Å². The van der Waals surface area contributed by atoms with Crippen LogP contribution in [0.25, 0.3) is 0 Å². The van der Waals surface area contributed by atoms with E-state index in [1.807, 2.05) is 18.2 Å². The largest absolute Gasteiger partial charge is 0.467 e. The number of anilines is 1. The molecule has 1 aromatic heterocycles. The predicted octanol–water partition coefficient (Wildman–Crippen LogP) is 5.14. The first-order valence-electron chi connectivity index (χ1n) is 10.3. The van der Waals surface area contributed by atoms with Gasteiger partial charge in [-0.1, -0.05) is 23.7 Å². The van der Waals surface area contributed by atoms with Crippen molar-refractivity contribution >= 4 is 46.8 Å². The Morgan fingerprint density at radius 1 is 1.18 bits per heavy atom. The van der Waals surface area contributed by atoms with E-state index in [0.29, 0.717) is 29.1 Å². The number of hydrogen-bond donors (Lipinski definition) is 1. The molecule has 1 atom stereocenters. The number of amides is 2. The number of nitrogens with one attached hydrogen (secondary N) is 1. The number of hydrogen-bond acceptors (Lipinski definition) is 6. The third kappa shape index (κ3) is 5.23. The van der Waals surface area contributed by atoms with Gasteiger partial charge >= 0.3 is 5.97 Å². The van der Waals surface area contributed by atoms with Crippen molar-refractivity contribution in [2.45, 2.75) is 18.8 Å². The fraction of sp³-hybridized carbons (Fsp3) is 0.208. The molecule has 2 heterocycles. The fourth-order valence-electron chi connectivity index (χ4n) is 3.42. The number of furan rings is 1. The minimum absolute atomic E-state index is 0.0455. The molecule has 1 saturated heterocycles. The Hall–Kier alpha value is -3.23. The maximum atomic E-state index is 12.7. The highest BCUT2D eigenvalue weighted by molar-refractivity contribution is 8.00. The van der Waals surface area contributed by atoms with Gasteiger partial charge in [-0.3, -0.25) is 9.59 Å². The van der Waals surface area contributed by atoms with Crippen LogP contribution in [0.4, 0.5) is 5.69 Å². The summed E-state index contributed by atoms with van der Waals surface area (Å²) >= 11 is 7.77. The van der Waals surface area contributed by atoms with Crippen LogP contribution in [-0.2, 0) is 16.1 Å². The SMILES string of the molecule is CCOC(=O)c1ccc(NC(=O)c2ccc([C@@H]3SCC(=O)N3Cc3ccco3)cc2)c(Cl)c1. The highest BCUT2D eigenvalue weighted by atomic mass is 35.5. The number of ether oxygens (including phenoxy) is 1. The Balaban J connectivity index is 1.44. The zero-order chi connectivity index (χ0) is 23.4. The van der Waals surface area contributed by atoms with Crippen LogP contribution in [0, 0.1) is 0 Å². The lowest BCUT2D eigenvalue weighted by Gasteiger charge is -2.23. The van der Waals surface area contributed by atoms with E-state index in [0.717, 1.165) is 11.3 Å². The lowest BCUT2D eigenvalue weighted by molar-refractivity contribution is -0.128. The second-order valence-corrected chi connectivity index (χ2v) is 8.73. The van der Waals surface area contributed by atoms with Crippen molar-refractivity contribution in [3.8, 4) is 0 Å². The second-order valence-electron chi connectivity index (χ2n) is 7.26. The Bertz CT molecular complexity index is 1160. The summed E-state index contributed by atoms with van der Waals surface area (Å²) in [6, 6.07) is 15.3. The first kappa shape index (κ1) is 22.9. The molecule has 0 spiro atoms. The van der Waals surface area contributed by atoms with Gasteiger partial charge in [0.05, 0.1) is 41.4 Å². The molecule has 33 heavy (non-hydrogen) atoms. The van der Waals surface area contributed by atoms with E-state index in [1.165, 1.54) is 17.8 Å². The van der Waals surface area contributed by atoms with E-state index < -0.39 is 5.97 Å². The van der Waals surface area contributed by atoms with E-state index in [4.69, 9.17) is 20.8 Å². The predicted molar refractivity (Wildman–Crippen MR) is 126 cm³/mol. The van der Waals surface area contributed by atoms with Gasteiger partial charge in [-0.2, -0.15) is 0 Å². The maximum absolute atomic E-state index is 12.7. The van der Waals surface area contributed by atoms with Gasteiger partial charge in [-0.15, -0.1) is 11.8 Å². The average molecular weight is 485 g/mol. The van der Waals surface area contributed by atoms with E-state index in [1.54, 1.807) is 48.4 Å². The van der Waals surface area contributed by atoms with Crippen molar-refractivity contribution in [1.29, 1.82) is 0 Å². The molecular formula is C24H21ClN2O5S. The number of nitrogens with zero attached hydrogens (tertiary/aromatic N) is 1. The van der Waals surface area contributed by atoms with Crippen molar-refractivity contribution in [1.82, 2.24) is 4.90 Å². The van der Waals surface area contributed by atoms with E-state index in [2.05, 4.69) is 5.32 Å². The molecule has 2 amide bonds. The maximum Gasteiger partial charge on any atom is 0.338 e. The zero-order valence-corrected chi connectivity index (χ0v) is 19.3. The molecule has 0 radical (unpaired) electrons. The summed E-state index contributed by atoms with van der Waals surface area (Å²) in [5, 5.41) is 2.84. The summed E-state index contributed by atoms with van der Waals surface area (Å²) in [5.74, 6) is 0.349. The number of carbonyl (C=O) groups excluding carboxylic acids is 3. The topological polar surface area (TPSA) is 88.8 Å². The monoisotopic (exact) mass is 484 g/mol. The van der Waals surface area contributed by atoms with Gasteiger partial charge in [0.1, 0.15) is 11.1 Å². The summed E-state index contributed by atoms with van der Waals surface area (Å²) < 4.78 is 10.3. The molecule has 1 aliphatic heterocycles. The van der Waals surface area contributed by atoms with Crippen LogP contribution in [0.15, 0.2) is 65.3 Å². The lowest BCUT2D eigenvalue weighted by Crippen LogP contribution is -2.27. The molecule has 1 N–H and O–H groups in total. The molecule has 1 aliphatic rings. The highest BCUT2D eigenvalue weighted by Crippen LogP contribution is 2.39. The molecule has 7 nitrogen and oxygen atoms in total. The third-order valence-corrected chi connectivity index (χ3v) is 6.63. The number of benzene rings is 2. The summed E-state index contributed by atoms with van der Waals surface area (Å²) in [7, 11) is 0. The first-order chi connectivity index (χ1) is 16.0. The molecule has 4 rings (SSSR count). The molecular weight excluding hydrogens is 464 g/mol. The summed E-state index contributed by atoms with van der Waals surface area (Å²) in [6.07, 6.45) is 1.59. The normalized spacial score (nSPS) is 15.5. The van der Waals surface area contributed by atoms with E-state index in [-0.39, 0.29) is 28.8 Å². The van der Waals surface area contributed by atoms with Gasteiger partial charge in [0, 0.05) is 5.56 Å². The number of rotatable bonds is 7. The van der Waals surface area contributed by atoms with Crippen LogP contribution in [0.1, 0.15) is 44.3 Å². The van der Waals surface area contributed by atoms with Gasteiger partial charge in [0.25, 0.3) is 5.91 Å². The number of thioether (sulfide) groups is 1. The summed E-state index contributed by atoms with van der Waals surface area (Å²) in [5.41, 5.74) is 2.06. The van der Waals surface area contributed by atoms with Crippen LogP contribution in [-0.4, -0.2) is 35.0 Å². The van der Waals surface area contributed by atoms with E-state index in [9.17, 15) is 14.4 Å². The van der Waals surface area contributed by atoms with Gasteiger partial charge in [0.2, 0.25) is 5.91 Å². The fourth-order valence-corrected chi connectivity index (χ4v) is 4.84. The number of halogens is 1. The molecule has 9 heteroatoms. The van der Waals surface area contributed by atoms with Gasteiger partial charge < -0.3 is 19.4 Å². The van der Waals surface area contributed by atoms with Gasteiger partial charge in [0.15, 0.2) is 0 Å². The molecule has 0 aliphatic carbocycles. The lowest BCUT2D eigenvalue weighted by atomic mass is 10.1.